The van der Waals surface area contributed by atoms with E-state index < -0.39 is 9.84 Å². The van der Waals surface area contributed by atoms with Crippen LogP contribution in [0.2, 0.25) is 0 Å². The molecule has 3 heteroatoms. The molecule has 0 bridgehead atoms. The molecule has 2 nitrogen and oxygen atoms in total. The van der Waals surface area contributed by atoms with Crippen LogP contribution in [0.25, 0.3) is 5.57 Å². The molecule has 0 fully saturated rings. The maximum Gasteiger partial charge on any atom is 0.175 e. The summed E-state index contributed by atoms with van der Waals surface area (Å²) in [5, 5.41) is 0. The molecule has 1 aliphatic rings. The fourth-order valence-electron chi connectivity index (χ4n) is 2.02. The second-order valence-corrected chi connectivity index (χ2v) is 6.29. The fraction of sp³-hybridized carbons (Fsp3) is 0.385. The second-order valence-electron chi connectivity index (χ2n) is 4.27. The molecular formula is C13H16O2S. The van der Waals surface area contributed by atoms with Crippen molar-refractivity contribution in [2.45, 2.75) is 30.6 Å². The SMILES string of the molecule is CS(=O)(=O)c1ccc(C2=CCCCC2)cc1. The van der Waals surface area contributed by atoms with E-state index in [9.17, 15) is 8.42 Å². The lowest BCUT2D eigenvalue weighted by atomic mass is 9.94. The Labute approximate surface area is 96.9 Å². The van der Waals surface area contributed by atoms with Crippen LogP contribution in [0.15, 0.2) is 35.2 Å². The molecular weight excluding hydrogens is 220 g/mol. The first-order valence-electron chi connectivity index (χ1n) is 5.57. The average Bonchev–Trinajstić information content (AvgIpc) is 2.29. The second kappa shape index (κ2) is 4.42. The van der Waals surface area contributed by atoms with E-state index in [0.717, 1.165) is 18.4 Å². The Morgan fingerprint density at radius 2 is 1.75 bits per heavy atom. The maximum atomic E-state index is 11.3. The van der Waals surface area contributed by atoms with Crippen molar-refractivity contribution >= 4 is 15.4 Å². The van der Waals surface area contributed by atoms with E-state index >= 15 is 0 Å². The molecule has 16 heavy (non-hydrogen) atoms. The lowest BCUT2D eigenvalue weighted by Gasteiger charge is -2.12. The van der Waals surface area contributed by atoms with Gasteiger partial charge in [0.05, 0.1) is 4.90 Å². The summed E-state index contributed by atoms with van der Waals surface area (Å²) in [5.74, 6) is 0. The van der Waals surface area contributed by atoms with Gasteiger partial charge in [-0.25, -0.2) is 8.42 Å². The molecule has 0 spiro atoms. The van der Waals surface area contributed by atoms with Crippen molar-refractivity contribution in [2.75, 3.05) is 6.26 Å². The predicted molar refractivity (Wildman–Crippen MR) is 66.0 cm³/mol. The standard InChI is InChI=1S/C13H16O2S/c1-16(14,15)13-9-7-12(8-10-13)11-5-3-2-4-6-11/h5,7-10H,2-4,6H2,1H3. The topological polar surface area (TPSA) is 34.1 Å². The van der Waals surface area contributed by atoms with Gasteiger partial charge in [-0.05, 0) is 49.0 Å². The maximum absolute atomic E-state index is 11.3. The van der Waals surface area contributed by atoms with Crippen LogP contribution < -0.4 is 0 Å². The minimum absolute atomic E-state index is 0.396. The first kappa shape index (κ1) is 11.4. The normalized spacial score (nSPS) is 16.9. The van der Waals surface area contributed by atoms with Crippen LogP contribution in [0, 0.1) is 0 Å². The van der Waals surface area contributed by atoms with Gasteiger partial charge >= 0.3 is 0 Å². The Morgan fingerprint density at radius 3 is 2.25 bits per heavy atom. The van der Waals surface area contributed by atoms with Crippen molar-refractivity contribution in [1.29, 1.82) is 0 Å². The summed E-state index contributed by atoms with van der Waals surface area (Å²) >= 11 is 0. The van der Waals surface area contributed by atoms with Gasteiger partial charge in [0.25, 0.3) is 0 Å². The van der Waals surface area contributed by atoms with E-state index in [2.05, 4.69) is 6.08 Å². The summed E-state index contributed by atoms with van der Waals surface area (Å²) in [7, 11) is -3.07. The summed E-state index contributed by atoms with van der Waals surface area (Å²) in [6, 6.07) is 7.21. The number of hydrogen-bond donors (Lipinski definition) is 0. The first-order valence-corrected chi connectivity index (χ1v) is 7.46. The summed E-state index contributed by atoms with van der Waals surface area (Å²) in [6.07, 6.45) is 8.26. The Hall–Kier alpha value is -1.09. The molecule has 0 aromatic heterocycles. The highest BCUT2D eigenvalue weighted by molar-refractivity contribution is 7.90. The Bertz CT molecular complexity index is 495. The summed E-state index contributed by atoms with van der Waals surface area (Å²) < 4.78 is 22.6. The third-order valence-corrected chi connectivity index (χ3v) is 4.07. The van der Waals surface area contributed by atoms with Crippen molar-refractivity contribution < 1.29 is 8.42 Å². The van der Waals surface area contributed by atoms with E-state index in [1.54, 1.807) is 12.1 Å². The molecule has 86 valence electrons. The van der Waals surface area contributed by atoms with Crippen molar-refractivity contribution in [1.82, 2.24) is 0 Å². The lowest BCUT2D eigenvalue weighted by Crippen LogP contribution is -1.97. The van der Waals surface area contributed by atoms with Gasteiger partial charge < -0.3 is 0 Å². The number of hydrogen-bond acceptors (Lipinski definition) is 2. The zero-order chi connectivity index (χ0) is 11.6. The van der Waals surface area contributed by atoms with Gasteiger partial charge in [-0.3, -0.25) is 0 Å². The molecule has 0 radical (unpaired) electrons. The predicted octanol–water partition coefficient (Wildman–Crippen LogP) is 3.05. The Morgan fingerprint density at radius 1 is 1.06 bits per heavy atom. The van der Waals surface area contributed by atoms with Gasteiger partial charge in [-0.15, -0.1) is 0 Å². The third kappa shape index (κ3) is 2.53. The van der Waals surface area contributed by atoms with E-state index in [1.807, 2.05) is 12.1 Å². The molecule has 0 aliphatic heterocycles. The molecule has 0 saturated carbocycles. The lowest BCUT2D eigenvalue weighted by molar-refractivity contribution is 0.602. The van der Waals surface area contributed by atoms with Crippen LogP contribution in [-0.2, 0) is 9.84 Å². The molecule has 0 unspecified atom stereocenters. The monoisotopic (exact) mass is 236 g/mol. The summed E-state index contributed by atoms with van der Waals surface area (Å²) in [4.78, 5) is 0.396. The number of allylic oxidation sites excluding steroid dienone is 2. The van der Waals surface area contributed by atoms with Gasteiger partial charge in [-0.1, -0.05) is 18.2 Å². The summed E-state index contributed by atoms with van der Waals surface area (Å²) in [6.45, 7) is 0. The van der Waals surface area contributed by atoms with E-state index in [-0.39, 0.29) is 0 Å². The molecule has 1 aromatic rings. The van der Waals surface area contributed by atoms with Crippen molar-refractivity contribution in [3.63, 3.8) is 0 Å². The van der Waals surface area contributed by atoms with Crippen LogP contribution in [0.4, 0.5) is 0 Å². The molecule has 0 atom stereocenters. The van der Waals surface area contributed by atoms with E-state index in [4.69, 9.17) is 0 Å². The minimum atomic E-state index is -3.07. The van der Waals surface area contributed by atoms with Gasteiger partial charge in [0.2, 0.25) is 0 Å². The largest absolute Gasteiger partial charge is 0.224 e. The van der Waals surface area contributed by atoms with Crippen LogP contribution in [0.5, 0.6) is 0 Å². The number of sulfone groups is 1. The van der Waals surface area contributed by atoms with Crippen LogP contribution in [-0.4, -0.2) is 14.7 Å². The number of rotatable bonds is 2. The van der Waals surface area contributed by atoms with Crippen molar-refractivity contribution in [2.24, 2.45) is 0 Å². The van der Waals surface area contributed by atoms with E-state index in [1.165, 1.54) is 24.7 Å². The smallest absolute Gasteiger partial charge is 0.175 e. The first-order chi connectivity index (χ1) is 7.57. The van der Waals surface area contributed by atoms with Crippen LogP contribution >= 0.6 is 0 Å². The molecule has 1 aromatic carbocycles. The van der Waals surface area contributed by atoms with Crippen LogP contribution in [0.1, 0.15) is 31.2 Å². The quantitative estimate of drug-likeness (QED) is 0.791. The zero-order valence-corrected chi connectivity index (χ0v) is 10.3. The van der Waals surface area contributed by atoms with Crippen LogP contribution in [0.3, 0.4) is 0 Å². The van der Waals surface area contributed by atoms with Crippen molar-refractivity contribution in [3.05, 3.63) is 35.9 Å². The molecule has 0 saturated heterocycles. The Kier molecular flexibility index (Phi) is 3.15. The Balaban J connectivity index is 2.29. The third-order valence-electron chi connectivity index (χ3n) is 2.94. The fourth-order valence-corrected chi connectivity index (χ4v) is 2.65. The number of benzene rings is 1. The molecule has 1 aliphatic carbocycles. The van der Waals surface area contributed by atoms with Gasteiger partial charge in [0, 0.05) is 6.26 Å². The molecule has 0 heterocycles. The zero-order valence-electron chi connectivity index (χ0n) is 9.44. The molecule has 2 rings (SSSR count). The minimum Gasteiger partial charge on any atom is -0.224 e. The summed E-state index contributed by atoms with van der Waals surface area (Å²) in [5.41, 5.74) is 2.51. The highest BCUT2D eigenvalue weighted by Crippen LogP contribution is 2.27. The molecule has 0 amide bonds. The highest BCUT2D eigenvalue weighted by atomic mass is 32.2. The highest BCUT2D eigenvalue weighted by Gasteiger charge is 2.09. The molecule has 0 N–H and O–H groups in total. The van der Waals surface area contributed by atoms with Gasteiger partial charge in [0.1, 0.15) is 0 Å². The van der Waals surface area contributed by atoms with Gasteiger partial charge in [0.15, 0.2) is 9.84 Å². The van der Waals surface area contributed by atoms with Crippen molar-refractivity contribution in [3.8, 4) is 0 Å². The van der Waals surface area contributed by atoms with Gasteiger partial charge in [-0.2, -0.15) is 0 Å². The van der Waals surface area contributed by atoms with E-state index in [0.29, 0.717) is 4.90 Å². The average molecular weight is 236 g/mol.